The number of amides is 1. The van der Waals surface area contributed by atoms with Gasteiger partial charge in [0.2, 0.25) is 0 Å². The minimum atomic E-state index is -4.57. The zero-order valence-electron chi connectivity index (χ0n) is 19.7. The standard InChI is InChI=1S/C26H24F3N3O5/c1-32-23(15-5-2-6-16(11-15)26(27,28)29)31-22-20(9-4-10-21(22)25(32)36)24(35)30-17-7-3-8-19(12-17)37-14-18(34)13-33/h2-3,5-9,11-12,18,33-34H,4,10,13-14H2,1H3,(H,30,35). The highest BCUT2D eigenvalue weighted by atomic mass is 19.4. The van der Waals surface area contributed by atoms with Crippen LogP contribution in [0.5, 0.6) is 5.75 Å². The summed E-state index contributed by atoms with van der Waals surface area (Å²) in [6.07, 6.45) is -3.23. The minimum Gasteiger partial charge on any atom is -0.491 e. The first-order valence-corrected chi connectivity index (χ1v) is 11.4. The number of fused-ring (bicyclic) bond motifs is 1. The number of alkyl halides is 3. The number of hydrogen-bond donors (Lipinski definition) is 3. The molecule has 1 amide bonds. The molecule has 0 aliphatic heterocycles. The fourth-order valence-electron chi connectivity index (χ4n) is 3.95. The highest BCUT2D eigenvalue weighted by Gasteiger charge is 2.31. The number of nitrogens with zero attached hydrogens (tertiary/aromatic N) is 2. The number of aliphatic hydroxyl groups excluding tert-OH is 2. The van der Waals surface area contributed by atoms with Crippen molar-refractivity contribution in [3.8, 4) is 17.1 Å². The van der Waals surface area contributed by atoms with Crippen LogP contribution in [0.2, 0.25) is 0 Å². The van der Waals surface area contributed by atoms with E-state index in [4.69, 9.17) is 9.84 Å². The number of carbonyl (C=O) groups excluding carboxylic acids is 1. The van der Waals surface area contributed by atoms with Gasteiger partial charge in [0.05, 0.1) is 23.4 Å². The number of anilines is 1. The molecule has 0 fully saturated rings. The molecule has 194 valence electrons. The molecule has 4 rings (SSSR count). The number of nitrogens with one attached hydrogen (secondary N) is 1. The molecule has 2 aromatic carbocycles. The van der Waals surface area contributed by atoms with Crippen LogP contribution in [0.4, 0.5) is 18.9 Å². The quantitative estimate of drug-likeness (QED) is 0.446. The molecule has 11 heteroatoms. The number of halogens is 3. The van der Waals surface area contributed by atoms with Gasteiger partial charge in [0.15, 0.2) is 0 Å². The third-order valence-electron chi connectivity index (χ3n) is 5.82. The molecule has 0 saturated carbocycles. The van der Waals surface area contributed by atoms with Crippen molar-refractivity contribution in [2.75, 3.05) is 18.5 Å². The number of rotatable bonds is 7. The molecular formula is C26H24F3N3O5. The number of allylic oxidation sites excluding steroid dienone is 1. The highest BCUT2D eigenvalue weighted by Crippen LogP contribution is 2.33. The number of carbonyl (C=O) groups is 1. The van der Waals surface area contributed by atoms with Gasteiger partial charge in [-0.3, -0.25) is 14.2 Å². The van der Waals surface area contributed by atoms with Gasteiger partial charge in [0.25, 0.3) is 11.5 Å². The van der Waals surface area contributed by atoms with E-state index in [0.717, 1.165) is 12.1 Å². The summed E-state index contributed by atoms with van der Waals surface area (Å²) >= 11 is 0. The molecule has 1 heterocycles. The van der Waals surface area contributed by atoms with E-state index in [0.29, 0.717) is 29.8 Å². The third kappa shape index (κ3) is 5.73. The van der Waals surface area contributed by atoms with Crippen LogP contribution in [0.15, 0.2) is 59.4 Å². The Morgan fingerprint density at radius 3 is 2.70 bits per heavy atom. The predicted molar refractivity (Wildman–Crippen MR) is 130 cm³/mol. The zero-order chi connectivity index (χ0) is 26.7. The molecule has 1 aliphatic rings. The molecular weight excluding hydrogens is 491 g/mol. The third-order valence-corrected chi connectivity index (χ3v) is 5.82. The van der Waals surface area contributed by atoms with Gasteiger partial charge in [0.1, 0.15) is 24.3 Å². The van der Waals surface area contributed by atoms with Crippen molar-refractivity contribution < 1.29 is 32.9 Å². The molecule has 1 atom stereocenters. The second-order valence-corrected chi connectivity index (χ2v) is 8.49. The van der Waals surface area contributed by atoms with Crippen LogP contribution in [0.1, 0.15) is 23.2 Å². The lowest BCUT2D eigenvalue weighted by Crippen LogP contribution is -2.29. The second-order valence-electron chi connectivity index (χ2n) is 8.49. The monoisotopic (exact) mass is 515 g/mol. The number of hydrogen-bond acceptors (Lipinski definition) is 6. The molecule has 3 aromatic rings. The van der Waals surface area contributed by atoms with Gasteiger partial charge in [-0.1, -0.05) is 24.3 Å². The first-order chi connectivity index (χ1) is 17.6. The predicted octanol–water partition coefficient (Wildman–Crippen LogP) is 3.17. The van der Waals surface area contributed by atoms with Crippen molar-refractivity contribution in [2.45, 2.75) is 25.1 Å². The smallest absolute Gasteiger partial charge is 0.416 e. The summed E-state index contributed by atoms with van der Waals surface area (Å²) in [5.41, 5.74) is -0.283. The molecule has 37 heavy (non-hydrogen) atoms. The summed E-state index contributed by atoms with van der Waals surface area (Å²) in [6.45, 7) is -0.600. The van der Waals surface area contributed by atoms with Crippen LogP contribution in [-0.2, 0) is 24.4 Å². The minimum absolute atomic E-state index is 0.00767. The second kappa shape index (κ2) is 10.6. The topological polar surface area (TPSA) is 114 Å². The Balaban J connectivity index is 1.66. The van der Waals surface area contributed by atoms with E-state index in [9.17, 15) is 27.9 Å². The van der Waals surface area contributed by atoms with Gasteiger partial charge < -0.3 is 20.3 Å². The van der Waals surface area contributed by atoms with Crippen LogP contribution >= 0.6 is 0 Å². The van der Waals surface area contributed by atoms with E-state index in [1.165, 1.54) is 29.8 Å². The molecule has 3 N–H and O–H groups in total. The maximum atomic E-state index is 13.3. The Kier molecular flexibility index (Phi) is 7.46. The molecule has 0 spiro atoms. The SMILES string of the molecule is Cn1c(-c2cccc(C(F)(F)F)c2)nc2c(c1=O)CCC=C2C(=O)Nc1cccc(OCC(O)CO)c1. The average Bonchev–Trinajstić information content (AvgIpc) is 2.88. The number of ether oxygens (including phenoxy) is 1. The fourth-order valence-corrected chi connectivity index (χ4v) is 3.95. The first-order valence-electron chi connectivity index (χ1n) is 11.4. The van der Waals surface area contributed by atoms with Crippen molar-refractivity contribution in [3.63, 3.8) is 0 Å². The average molecular weight is 515 g/mol. The molecule has 0 saturated heterocycles. The van der Waals surface area contributed by atoms with E-state index in [2.05, 4.69) is 10.3 Å². The Labute approximate surface area is 209 Å². The number of aromatic nitrogens is 2. The van der Waals surface area contributed by atoms with Gasteiger partial charge in [-0.15, -0.1) is 0 Å². The molecule has 8 nitrogen and oxygen atoms in total. The van der Waals surface area contributed by atoms with Gasteiger partial charge in [0, 0.05) is 29.9 Å². The zero-order valence-corrected chi connectivity index (χ0v) is 19.7. The van der Waals surface area contributed by atoms with Gasteiger partial charge in [-0.25, -0.2) is 4.98 Å². The summed E-state index contributed by atoms with van der Waals surface area (Å²) in [6, 6.07) is 10.9. The van der Waals surface area contributed by atoms with Crippen LogP contribution in [0, 0.1) is 0 Å². The van der Waals surface area contributed by atoms with Crippen LogP contribution in [-0.4, -0.2) is 45.0 Å². The van der Waals surface area contributed by atoms with Crippen LogP contribution in [0.3, 0.4) is 0 Å². The molecule has 1 unspecified atom stereocenters. The van der Waals surface area contributed by atoms with Crippen molar-refractivity contribution in [2.24, 2.45) is 7.05 Å². The molecule has 0 bridgehead atoms. The van der Waals surface area contributed by atoms with Crippen molar-refractivity contribution in [1.82, 2.24) is 9.55 Å². The van der Waals surface area contributed by atoms with E-state index in [-0.39, 0.29) is 29.3 Å². The molecule has 0 radical (unpaired) electrons. The van der Waals surface area contributed by atoms with E-state index in [1.54, 1.807) is 24.3 Å². The number of benzene rings is 2. The van der Waals surface area contributed by atoms with Crippen molar-refractivity contribution in [1.29, 1.82) is 0 Å². The lowest BCUT2D eigenvalue weighted by molar-refractivity contribution is -0.137. The van der Waals surface area contributed by atoms with E-state index >= 15 is 0 Å². The summed E-state index contributed by atoms with van der Waals surface area (Å²) < 4.78 is 46.4. The largest absolute Gasteiger partial charge is 0.491 e. The van der Waals surface area contributed by atoms with Crippen LogP contribution in [0.25, 0.3) is 17.0 Å². The van der Waals surface area contributed by atoms with Gasteiger partial charge in [-0.05, 0) is 37.1 Å². The first kappa shape index (κ1) is 26.1. The Morgan fingerprint density at radius 2 is 1.97 bits per heavy atom. The maximum absolute atomic E-state index is 13.3. The van der Waals surface area contributed by atoms with E-state index in [1.807, 2.05) is 0 Å². The summed E-state index contributed by atoms with van der Waals surface area (Å²) in [5.74, 6) is -0.195. The Morgan fingerprint density at radius 1 is 1.22 bits per heavy atom. The lowest BCUT2D eigenvalue weighted by atomic mass is 9.95. The van der Waals surface area contributed by atoms with Gasteiger partial charge >= 0.3 is 6.18 Å². The van der Waals surface area contributed by atoms with Crippen molar-refractivity contribution >= 4 is 17.2 Å². The van der Waals surface area contributed by atoms with E-state index < -0.39 is 35.9 Å². The summed E-state index contributed by atoms with van der Waals surface area (Å²) in [4.78, 5) is 30.8. The Hall–Kier alpha value is -3.96. The number of aliphatic hydroxyl groups is 2. The van der Waals surface area contributed by atoms with Crippen LogP contribution < -0.4 is 15.6 Å². The normalized spacial score (nSPS) is 13.9. The Bertz CT molecular complexity index is 1420. The molecule has 1 aromatic heterocycles. The molecule has 1 aliphatic carbocycles. The summed E-state index contributed by atoms with van der Waals surface area (Å²) in [5, 5.41) is 21.1. The highest BCUT2D eigenvalue weighted by molar-refractivity contribution is 6.25. The summed E-state index contributed by atoms with van der Waals surface area (Å²) in [7, 11) is 1.43. The van der Waals surface area contributed by atoms with Gasteiger partial charge in [-0.2, -0.15) is 13.2 Å². The van der Waals surface area contributed by atoms with Crippen molar-refractivity contribution in [3.05, 3.63) is 81.8 Å². The lowest BCUT2D eigenvalue weighted by Gasteiger charge is -2.20. The maximum Gasteiger partial charge on any atom is 0.416 e. The fraction of sp³-hybridized carbons (Fsp3) is 0.269.